The molecule has 0 fully saturated rings. The summed E-state index contributed by atoms with van der Waals surface area (Å²) in [6, 6.07) is 0.507. The zero-order valence-electron chi connectivity index (χ0n) is 19.9. The van der Waals surface area contributed by atoms with Crippen LogP contribution in [0.15, 0.2) is 0 Å². The molecule has 0 saturated heterocycles. The van der Waals surface area contributed by atoms with Crippen molar-refractivity contribution in [3.63, 3.8) is 0 Å². The van der Waals surface area contributed by atoms with Gasteiger partial charge in [-0.05, 0) is 45.1 Å². The van der Waals surface area contributed by atoms with Crippen molar-refractivity contribution in [3.8, 4) is 0 Å². The van der Waals surface area contributed by atoms with Gasteiger partial charge in [0, 0.05) is 12.6 Å². The highest BCUT2D eigenvalue weighted by Gasteiger charge is 2.20. The Morgan fingerprint density at radius 1 is 0.759 bits per heavy atom. The van der Waals surface area contributed by atoms with Crippen LogP contribution in [0.4, 0.5) is 0 Å². The first-order valence-corrected chi connectivity index (χ1v) is 12.7. The molecule has 0 radical (unpaired) electrons. The molecular formula is C25H51NO3. The van der Waals surface area contributed by atoms with Crippen molar-refractivity contribution in [2.24, 2.45) is 5.92 Å². The predicted molar refractivity (Wildman–Crippen MR) is 124 cm³/mol. The molecule has 0 amide bonds. The quantitative estimate of drug-likeness (QED) is 0.159. The maximum absolute atomic E-state index is 12.6. The van der Waals surface area contributed by atoms with Gasteiger partial charge >= 0.3 is 5.97 Å². The summed E-state index contributed by atoms with van der Waals surface area (Å²) in [4.78, 5) is 12.6. The predicted octanol–water partition coefficient (Wildman–Crippen LogP) is 6.40. The van der Waals surface area contributed by atoms with E-state index in [4.69, 9.17) is 9.84 Å². The van der Waals surface area contributed by atoms with Gasteiger partial charge in [0.15, 0.2) is 0 Å². The zero-order chi connectivity index (χ0) is 21.6. The molecule has 0 rings (SSSR count). The van der Waals surface area contributed by atoms with Crippen LogP contribution in [0.2, 0.25) is 0 Å². The highest BCUT2D eigenvalue weighted by molar-refractivity contribution is 5.72. The van der Waals surface area contributed by atoms with Crippen LogP contribution in [0.5, 0.6) is 0 Å². The second kappa shape index (κ2) is 22.1. The molecule has 0 aliphatic carbocycles. The van der Waals surface area contributed by atoms with Crippen LogP contribution < -0.4 is 5.32 Å². The van der Waals surface area contributed by atoms with Gasteiger partial charge in [0.2, 0.25) is 0 Å². The number of hydrogen-bond donors (Lipinski definition) is 2. The average molecular weight is 414 g/mol. The van der Waals surface area contributed by atoms with Crippen molar-refractivity contribution in [3.05, 3.63) is 0 Å². The van der Waals surface area contributed by atoms with Gasteiger partial charge < -0.3 is 15.2 Å². The van der Waals surface area contributed by atoms with Crippen molar-refractivity contribution in [1.29, 1.82) is 0 Å². The Bertz CT molecular complexity index is 349. The zero-order valence-corrected chi connectivity index (χ0v) is 19.9. The lowest BCUT2D eigenvalue weighted by atomic mass is 9.93. The molecule has 0 spiro atoms. The number of aliphatic hydroxyl groups excluding tert-OH is 1. The Hall–Kier alpha value is -0.610. The summed E-state index contributed by atoms with van der Waals surface area (Å²) in [6.45, 7) is 8.37. The Labute approximate surface area is 181 Å². The molecule has 0 heterocycles. The van der Waals surface area contributed by atoms with Crippen molar-refractivity contribution >= 4 is 5.97 Å². The van der Waals surface area contributed by atoms with E-state index in [2.05, 4.69) is 26.1 Å². The molecule has 0 aromatic heterocycles. The van der Waals surface area contributed by atoms with Gasteiger partial charge in [-0.3, -0.25) is 4.79 Å². The van der Waals surface area contributed by atoms with Crippen LogP contribution in [0, 0.1) is 5.92 Å². The van der Waals surface area contributed by atoms with E-state index in [1.165, 1.54) is 51.4 Å². The minimum atomic E-state index is 0.0383. The molecule has 0 aliphatic heterocycles. The fourth-order valence-electron chi connectivity index (χ4n) is 3.81. The lowest BCUT2D eigenvalue weighted by Crippen LogP contribution is -2.30. The fourth-order valence-corrected chi connectivity index (χ4v) is 3.81. The molecular weight excluding hydrogens is 362 g/mol. The molecule has 0 bridgehead atoms. The van der Waals surface area contributed by atoms with E-state index < -0.39 is 0 Å². The maximum atomic E-state index is 12.6. The van der Waals surface area contributed by atoms with Crippen LogP contribution in [-0.4, -0.2) is 36.9 Å². The minimum absolute atomic E-state index is 0.0383. The first kappa shape index (κ1) is 28.4. The summed E-state index contributed by atoms with van der Waals surface area (Å²) in [6.07, 6.45) is 18.0. The van der Waals surface area contributed by atoms with Gasteiger partial charge in [-0.2, -0.15) is 0 Å². The lowest BCUT2D eigenvalue weighted by molar-refractivity contribution is -0.149. The SMILES string of the molecule is CCCCCCOC(=O)C(CCCCCC)CCCC(CCCC)NCCCO. The molecule has 2 unspecified atom stereocenters. The van der Waals surface area contributed by atoms with Gasteiger partial charge in [0.25, 0.3) is 0 Å². The number of carbonyl (C=O) groups excluding carboxylic acids is 1. The number of nitrogens with one attached hydrogen (secondary N) is 1. The standard InChI is InChI=1S/C25H51NO3/c1-4-7-10-12-16-23(25(28)29-22-13-11-8-5-2)17-14-19-24(18-9-6-3)26-20-15-21-27/h23-24,26-27H,4-22H2,1-3H3. The molecule has 4 heteroatoms. The largest absolute Gasteiger partial charge is 0.465 e. The molecule has 0 aromatic rings. The Kier molecular flexibility index (Phi) is 21.6. The van der Waals surface area contributed by atoms with Gasteiger partial charge in [-0.15, -0.1) is 0 Å². The summed E-state index contributed by atoms with van der Waals surface area (Å²) >= 11 is 0. The number of ether oxygens (including phenoxy) is 1. The van der Waals surface area contributed by atoms with Crippen LogP contribution >= 0.6 is 0 Å². The van der Waals surface area contributed by atoms with Crippen molar-refractivity contribution in [1.82, 2.24) is 5.32 Å². The number of esters is 1. The molecule has 4 nitrogen and oxygen atoms in total. The van der Waals surface area contributed by atoms with E-state index in [-0.39, 0.29) is 18.5 Å². The van der Waals surface area contributed by atoms with E-state index in [9.17, 15) is 4.79 Å². The number of rotatable bonds is 22. The fraction of sp³-hybridized carbons (Fsp3) is 0.960. The van der Waals surface area contributed by atoms with Crippen molar-refractivity contribution in [2.75, 3.05) is 19.8 Å². The molecule has 0 aromatic carbocycles. The minimum Gasteiger partial charge on any atom is -0.465 e. The molecule has 2 atom stereocenters. The first-order chi connectivity index (χ1) is 14.2. The first-order valence-electron chi connectivity index (χ1n) is 12.7. The van der Waals surface area contributed by atoms with Crippen LogP contribution in [0.3, 0.4) is 0 Å². The van der Waals surface area contributed by atoms with Crippen LogP contribution in [-0.2, 0) is 9.53 Å². The Balaban J connectivity index is 4.39. The molecule has 0 saturated carbocycles. The second-order valence-electron chi connectivity index (χ2n) is 8.58. The average Bonchev–Trinajstić information content (AvgIpc) is 2.73. The summed E-state index contributed by atoms with van der Waals surface area (Å²) in [5.74, 6) is 0.110. The van der Waals surface area contributed by atoms with Gasteiger partial charge in [-0.1, -0.05) is 85.0 Å². The smallest absolute Gasteiger partial charge is 0.308 e. The van der Waals surface area contributed by atoms with Crippen LogP contribution in [0.25, 0.3) is 0 Å². The lowest BCUT2D eigenvalue weighted by Gasteiger charge is -2.20. The molecule has 0 aliphatic rings. The summed E-state index contributed by atoms with van der Waals surface area (Å²) in [5, 5.41) is 12.6. The normalized spacial score (nSPS) is 13.4. The number of aliphatic hydroxyl groups is 1. The third kappa shape index (κ3) is 17.9. The van der Waals surface area contributed by atoms with E-state index in [1.54, 1.807) is 0 Å². The summed E-state index contributed by atoms with van der Waals surface area (Å²) in [5.41, 5.74) is 0. The number of carbonyl (C=O) groups is 1. The van der Waals surface area contributed by atoms with E-state index in [1.807, 2.05) is 0 Å². The molecule has 29 heavy (non-hydrogen) atoms. The van der Waals surface area contributed by atoms with Gasteiger partial charge in [0.05, 0.1) is 12.5 Å². The second-order valence-corrected chi connectivity index (χ2v) is 8.58. The van der Waals surface area contributed by atoms with E-state index in [0.29, 0.717) is 12.6 Å². The monoisotopic (exact) mass is 413 g/mol. The van der Waals surface area contributed by atoms with E-state index in [0.717, 1.165) is 57.9 Å². The highest BCUT2D eigenvalue weighted by Crippen LogP contribution is 2.21. The number of hydrogen-bond acceptors (Lipinski definition) is 4. The highest BCUT2D eigenvalue weighted by atomic mass is 16.5. The van der Waals surface area contributed by atoms with Crippen molar-refractivity contribution < 1.29 is 14.6 Å². The molecule has 2 N–H and O–H groups in total. The summed E-state index contributed by atoms with van der Waals surface area (Å²) < 4.78 is 5.63. The Morgan fingerprint density at radius 3 is 2.03 bits per heavy atom. The Morgan fingerprint density at radius 2 is 1.38 bits per heavy atom. The summed E-state index contributed by atoms with van der Waals surface area (Å²) in [7, 11) is 0. The van der Waals surface area contributed by atoms with Crippen LogP contribution in [0.1, 0.15) is 124 Å². The maximum Gasteiger partial charge on any atom is 0.308 e. The van der Waals surface area contributed by atoms with Gasteiger partial charge in [-0.25, -0.2) is 0 Å². The van der Waals surface area contributed by atoms with E-state index >= 15 is 0 Å². The van der Waals surface area contributed by atoms with Gasteiger partial charge in [0.1, 0.15) is 0 Å². The third-order valence-corrected chi connectivity index (χ3v) is 5.76. The molecule has 174 valence electrons. The number of unbranched alkanes of at least 4 members (excludes halogenated alkanes) is 7. The topological polar surface area (TPSA) is 58.6 Å². The van der Waals surface area contributed by atoms with Crippen molar-refractivity contribution in [2.45, 2.75) is 130 Å². The third-order valence-electron chi connectivity index (χ3n) is 5.76.